The Morgan fingerprint density at radius 1 is 1.38 bits per heavy atom. The van der Waals surface area contributed by atoms with Crippen LogP contribution >= 0.6 is 11.8 Å². The van der Waals surface area contributed by atoms with Crippen molar-refractivity contribution in [3.63, 3.8) is 0 Å². The molecule has 0 saturated carbocycles. The molecule has 16 heavy (non-hydrogen) atoms. The molecule has 0 radical (unpaired) electrons. The fourth-order valence-corrected chi connectivity index (χ4v) is 2.18. The van der Waals surface area contributed by atoms with E-state index < -0.39 is 0 Å². The summed E-state index contributed by atoms with van der Waals surface area (Å²) in [6.45, 7) is 0. The smallest absolute Gasteiger partial charge is 0.254 e. The lowest BCUT2D eigenvalue weighted by Gasteiger charge is -2.14. The molecule has 0 aromatic rings. The standard InChI is InChI=1S/C10H13N3O2S/c1-16-10(11)12-13-8(14)6-4-2-3-5-7(6)9(13)15/h2-3,6-7H,4-5H2,1H3,(H2,11,12). The van der Waals surface area contributed by atoms with Crippen LogP contribution < -0.4 is 5.73 Å². The Bertz CT molecular complexity index is 366. The summed E-state index contributed by atoms with van der Waals surface area (Å²) in [5.41, 5.74) is 5.52. The zero-order chi connectivity index (χ0) is 11.7. The van der Waals surface area contributed by atoms with Crippen molar-refractivity contribution in [1.29, 1.82) is 0 Å². The summed E-state index contributed by atoms with van der Waals surface area (Å²) in [6.07, 6.45) is 6.88. The van der Waals surface area contributed by atoms with Gasteiger partial charge in [0.1, 0.15) is 0 Å². The number of rotatable bonds is 1. The molecule has 2 amide bonds. The van der Waals surface area contributed by atoms with Crippen molar-refractivity contribution in [1.82, 2.24) is 5.01 Å². The first kappa shape index (κ1) is 11.2. The molecule has 1 fully saturated rings. The van der Waals surface area contributed by atoms with Crippen LogP contribution in [0.1, 0.15) is 12.8 Å². The third kappa shape index (κ3) is 1.73. The Kier molecular flexibility index (Phi) is 3.00. The Labute approximate surface area is 97.7 Å². The van der Waals surface area contributed by atoms with Gasteiger partial charge in [0, 0.05) is 0 Å². The highest BCUT2D eigenvalue weighted by molar-refractivity contribution is 8.13. The highest BCUT2D eigenvalue weighted by Crippen LogP contribution is 2.35. The molecule has 2 atom stereocenters. The van der Waals surface area contributed by atoms with E-state index in [9.17, 15) is 9.59 Å². The maximum absolute atomic E-state index is 11.9. The molecule has 5 nitrogen and oxygen atoms in total. The van der Waals surface area contributed by atoms with Crippen LogP contribution in [-0.2, 0) is 9.59 Å². The largest absolute Gasteiger partial charge is 0.377 e. The highest BCUT2D eigenvalue weighted by Gasteiger charge is 2.47. The minimum Gasteiger partial charge on any atom is -0.377 e. The van der Waals surface area contributed by atoms with Gasteiger partial charge in [-0.1, -0.05) is 23.9 Å². The molecule has 1 aliphatic carbocycles. The Balaban J connectivity index is 2.24. The molecular formula is C10H13N3O2S. The molecule has 0 aromatic carbocycles. The van der Waals surface area contributed by atoms with Crippen LogP contribution in [0.4, 0.5) is 0 Å². The fraction of sp³-hybridized carbons (Fsp3) is 0.500. The van der Waals surface area contributed by atoms with Crippen LogP contribution in [0.25, 0.3) is 0 Å². The van der Waals surface area contributed by atoms with Gasteiger partial charge in [-0.3, -0.25) is 9.59 Å². The summed E-state index contributed by atoms with van der Waals surface area (Å²) in [4.78, 5) is 23.8. The van der Waals surface area contributed by atoms with Crippen molar-refractivity contribution < 1.29 is 9.59 Å². The number of allylic oxidation sites excluding steroid dienone is 2. The molecule has 1 saturated heterocycles. The van der Waals surface area contributed by atoms with Crippen molar-refractivity contribution in [3.05, 3.63) is 12.2 Å². The van der Waals surface area contributed by atoms with Gasteiger partial charge in [0.25, 0.3) is 11.8 Å². The fourth-order valence-electron chi connectivity index (χ4n) is 2.02. The van der Waals surface area contributed by atoms with E-state index in [0.717, 1.165) is 5.01 Å². The molecule has 2 aliphatic rings. The number of amidine groups is 1. The average molecular weight is 239 g/mol. The third-order valence-electron chi connectivity index (χ3n) is 2.89. The number of hydrazone groups is 1. The van der Waals surface area contributed by atoms with Crippen molar-refractivity contribution in [2.75, 3.05) is 6.26 Å². The molecule has 2 rings (SSSR count). The van der Waals surface area contributed by atoms with E-state index in [4.69, 9.17) is 5.73 Å². The molecule has 0 bridgehead atoms. The maximum Gasteiger partial charge on any atom is 0.254 e. The zero-order valence-corrected chi connectivity index (χ0v) is 9.74. The Hall–Kier alpha value is -1.30. The van der Waals surface area contributed by atoms with Crippen molar-refractivity contribution in [2.45, 2.75) is 12.8 Å². The molecular weight excluding hydrogens is 226 g/mol. The molecule has 0 spiro atoms. The molecule has 2 unspecified atom stereocenters. The first-order chi connectivity index (χ1) is 7.65. The second-order valence-corrected chi connectivity index (χ2v) is 4.61. The summed E-state index contributed by atoms with van der Waals surface area (Å²) in [5, 5.41) is 5.01. The monoisotopic (exact) mass is 239 g/mol. The molecule has 6 heteroatoms. The molecule has 1 heterocycles. The number of carbonyl (C=O) groups is 2. The second-order valence-electron chi connectivity index (χ2n) is 3.79. The van der Waals surface area contributed by atoms with Gasteiger partial charge in [-0.15, -0.1) is 5.10 Å². The number of imide groups is 1. The summed E-state index contributed by atoms with van der Waals surface area (Å²) in [7, 11) is 0. The van der Waals surface area contributed by atoms with Crippen molar-refractivity contribution >= 4 is 28.7 Å². The number of fused-ring (bicyclic) bond motifs is 1. The van der Waals surface area contributed by atoms with E-state index in [1.54, 1.807) is 6.26 Å². The summed E-state index contributed by atoms with van der Waals surface area (Å²) in [6, 6.07) is 0. The van der Waals surface area contributed by atoms with Crippen LogP contribution in [0.5, 0.6) is 0 Å². The number of thioether (sulfide) groups is 1. The van der Waals surface area contributed by atoms with E-state index in [-0.39, 0.29) is 28.8 Å². The molecule has 0 aromatic heterocycles. The van der Waals surface area contributed by atoms with Crippen LogP contribution in [0.15, 0.2) is 17.3 Å². The summed E-state index contributed by atoms with van der Waals surface area (Å²) >= 11 is 1.22. The lowest BCUT2D eigenvalue weighted by Crippen LogP contribution is -2.28. The lowest BCUT2D eigenvalue weighted by atomic mass is 9.85. The third-order valence-corrected chi connectivity index (χ3v) is 3.39. The van der Waals surface area contributed by atoms with Gasteiger partial charge in [0.2, 0.25) is 0 Å². The van der Waals surface area contributed by atoms with Crippen LogP contribution in [0.3, 0.4) is 0 Å². The predicted octanol–water partition coefficient (Wildman–Crippen LogP) is 0.530. The van der Waals surface area contributed by atoms with Crippen molar-refractivity contribution in [2.24, 2.45) is 22.7 Å². The summed E-state index contributed by atoms with van der Waals surface area (Å²) in [5.74, 6) is -0.931. The van der Waals surface area contributed by atoms with E-state index in [1.807, 2.05) is 12.2 Å². The molecule has 86 valence electrons. The lowest BCUT2D eigenvalue weighted by molar-refractivity contribution is -0.139. The van der Waals surface area contributed by atoms with E-state index in [1.165, 1.54) is 11.8 Å². The van der Waals surface area contributed by atoms with E-state index in [2.05, 4.69) is 5.10 Å². The quantitative estimate of drug-likeness (QED) is 0.313. The molecule has 1 aliphatic heterocycles. The van der Waals surface area contributed by atoms with Crippen LogP contribution in [0.2, 0.25) is 0 Å². The SMILES string of the molecule is CS/C(N)=N/N1C(=O)C2CC=CCC2C1=O. The zero-order valence-electron chi connectivity index (χ0n) is 8.92. The van der Waals surface area contributed by atoms with Gasteiger partial charge in [-0.05, 0) is 19.1 Å². The first-order valence-corrected chi connectivity index (χ1v) is 6.28. The van der Waals surface area contributed by atoms with Crippen molar-refractivity contribution in [3.8, 4) is 0 Å². The van der Waals surface area contributed by atoms with Gasteiger partial charge >= 0.3 is 0 Å². The van der Waals surface area contributed by atoms with Gasteiger partial charge in [-0.25, -0.2) is 0 Å². The van der Waals surface area contributed by atoms with Crippen LogP contribution in [-0.4, -0.2) is 28.2 Å². The van der Waals surface area contributed by atoms with Gasteiger partial charge in [-0.2, -0.15) is 5.01 Å². The van der Waals surface area contributed by atoms with Gasteiger partial charge in [0.05, 0.1) is 11.8 Å². The summed E-state index contributed by atoms with van der Waals surface area (Å²) < 4.78 is 0. The number of nitrogens with two attached hydrogens (primary N) is 1. The topological polar surface area (TPSA) is 75.8 Å². The number of carbonyl (C=O) groups excluding carboxylic acids is 2. The number of hydrogen-bond acceptors (Lipinski definition) is 4. The van der Waals surface area contributed by atoms with Gasteiger partial charge < -0.3 is 5.73 Å². The Morgan fingerprint density at radius 3 is 2.31 bits per heavy atom. The maximum atomic E-state index is 11.9. The van der Waals surface area contributed by atoms with Crippen LogP contribution in [0, 0.1) is 11.8 Å². The molecule has 2 N–H and O–H groups in total. The average Bonchev–Trinajstić information content (AvgIpc) is 2.55. The second kappa shape index (κ2) is 4.29. The van der Waals surface area contributed by atoms with Gasteiger partial charge in [0.15, 0.2) is 5.17 Å². The normalized spacial score (nSPS) is 29.8. The number of nitrogens with zero attached hydrogens (tertiary/aromatic N) is 2. The predicted molar refractivity (Wildman–Crippen MR) is 62.3 cm³/mol. The van der Waals surface area contributed by atoms with E-state index in [0.29, 0.717) is 12.8 Å². The Morgan fingerprint density at radius 2 is 1.88 bits per heavy atom. The first-order valence-electron chi connectivity index (χ1n) is 5.06. The highest BCUT2D eigenvalue weighted by atomic mass is 32.2. The minimum absolute atomic E-state index is 0.226. The minimum atomic E-state index is -0.240. The van der Waals surface area contributed by atoms with E-state index >= 15 is 0 Å². The number of amides is 2. The number of hydrogen-bond donors (Lipinski definition) is 1.